The molecule has 1 heterocycles. The highest BCUT2D eigenvalue weighted by molar-refractivity contribution is 7.15. The lowest BCUT2D eigenvalue weighted by Gasteiger charge is -1.99. The molecule has 23 heavy (non-hydrogen) atoms. The predicted molar refractivity (Wildman–Crippen MR) is 89.3 cm³/mol. The Morgan fingerprint density at radius 2 is 2.00 bits per heavy atom. The lowest BCUT2D eigenvalue weighted by atomic mass is 10.1. The third-order valence-corrected chi connectivity index (χ3v) is 3.82. The molecule has 1 aromatic heterocycles. The number of methoxy groups -OCH3 is 1. The maximum Gasteiger partial charge on any atom is 0.337 e. The van der Waals surface area contributed by atoms with Crippen LogP contribution in [-0.2, 0) is 16.0 Å². The topological polar surface area (TPSA) is 81.2 Å². The van der Waals surface area contributed by atoms with Gasteiger partial charge < -0.3 is 4.74 Å². The minimum atomic E-state index is -0.391. The number of nitrogens with one attached hydrogen (secondary N) is 1. The zero-order chi connectivity index (χ0) is 16.7. The molecule has 0 aliphatic rings. The Labute approximate surface area is 138 Å². The summed E-state index contributed by atoms with van der Waals surface area (Å²) in [5.74, 6) is -0.668. The van der Waals surface area contributed by atoms with Crippen molar-refractivity contribution in [1.29, 1.82) is 0 Å². The molecular formula is C16H17N3O3S. The average Bonchev–Trinajstić information content (AvgIpc) is 3.00. The molecule has 0 bridgehead atoms. The number of aromatic nitrogens is 2. The Morgan fingerprint density at radius 1 is 1.26 bits per heavy atom. The van der Waals surface area contributed by atoms with E-state index in [1.165, 1.54) is 24.5 Å². The van der Waals surface area contributed by atoms with Crippen LogP contribution in [0.2, 0.25) is 0 Å². The van der Waals surface area contributed by atoms with Crippen molar-refractivity contribution < 1.29 is 14.3 Å². The Morgan fingerprint density at radius 3 is 2.65 bits per heavy atom. The third-order valence-electron chi connectivity index (χ3n) is 2.92. The number of hydrogen-bond donors (Lipinski definition) is 1. The largest absolute Gasteiger partial charge is 0.465 e. The molecule has 1 amide bonds. The number of carbonyl (C=O) groups excluding carboxylic acids is 2. The summed E-state index contributed by atoms with van der Waals surface area (Å²) in [5, 5.41) is 12.0. The second-order valence-electron chi connectivity index (χ2n) is 4.69. The van der Waals surface area contributed by atoms with E-state index in [-0.39, 0.29) is 5.91 Å². The number of benzene rings is 1. The van der Waals surface area contributed by atoms with Crippen LogP contribution >= 0.6 is 11.3 Å². The molecule has 6 nitrogen and oxygen atoms in total. The molecule has 1 aromatic carbocycles. The van der Waals surface area contributed by atoms with E-state index in [0.29, 0.717) is 10.7 Å². The van der Waals surface area contributed by atoms with E-state index in [1.807, 2.05) is 0 Å². The second kappa shape index (κ2) is 8.19. The fraction of sp³-hybridized carbons (Fsp3) is 0.250. The Hall–Kier alpha value is -2.54. The van der Waals surface area contributed by atoms with Gasteiger partial charge in [-0.15, -0.1) is 10.2 Å². The first-order valence-electron chi connectivity index (χ1n) is 7.12. The lowest BCUT2D eigenvalue weighted by molar-refractivity contribution is -0.111. The molecule has 2 rings (SSSR count). The minimum Gasteiger partial charge on any atom is -0.465 e. The van der Waals surface area contributed by atoms with Gasteiger partial charge in [0.05, 0.1) is 12.7 Å². The van der Waals surface area contributed by atoms with Gasteiger partial charge in [0.15, 0.2) is 0 Å². The Balaban J connectivity index is 1.93. The van der Waals surface area contributed by atoms with Gasteiger partial charge in [-0.3, -0.25) is 10.1 Å². The SMILES string of the molecule is CCCc1nnc(NC(=O)C=Cc2ccc(C(=O)OC)cc2)s1. The van der Waals surface area contributed by atoms with Crippen LogP contribution in [0.15, 0.2) is 30.3 Å². The fourth-order valence-electron chi connectivity index (χ4n) is 1.79. The number of amides is 1. The molecule has 0 radical (unpaired) electrons. The number of hydrogen-bond acceptors (Lipinski definition) is 6. The van der Waals surface area contributed by atoms with E-state index in [9.17, 15) is 9.59 Å². The number of carbonyl (C=O) groups is 2. The summed E-state index contributed by atoms with van der Waals surface area (Å²) in [7, 11) is 1.33. The Kier molecular flexibility index (Phi) is 5.99. The van der Waals surface area contributed by atoms with E-state index in [1.54, 1.807) is 30.3 Å². The summed E-state index contributed by atoms with van der Waals surface area (Å²) in [4.78, 5) is 23.2. The maximum absolute atomic E-state index is 11.8. The number of anilines is 1. The van der Waals surface area contributed by atoms with Gasteiger partial charge in [0.25, 0.3) is 0 Å². The maximum atomic E-state index is 11.8. The fourth-order valence-corrected chi connectivity index (χ4v) is 2.63. The summed E-state index contributed by atoms with van der Waals surface area (Å²) in [5.41, 5.74) is 1.27. The molecule has 0 saturated heterocycles. The van der Waals surface area contributed by atoms with Crippen LogP contribution in [0.3, 0.4) is 0 Å². The summed E-state index contributed by atoms with van der Waals surface area (Å²) in [6.45, 7) is 2.06. The predicted octanol–water partition coefficient (Wildman–Crippen LogP) is 2.93. The summed E-state index contributed by atoms with van der Waals surface area (Å²) < 4.78 is 4.63. The van der Waals surface area contributed by atoms with Crippen LogP contribution in [-0.4, -0.2) is 29.2 Å². The molecule has 0 aliphatic heterocycles. The number of ether oxygens (including phenoxy) is 1. The molecule has 0 aliphatic carbocycles. The zero-order valence-electron chi connectivity index (χ0n) is 12.9. The van der Waals surface area contributed by atoms with Gasteiger partial charge in [-0.2, -0.15) is 0 Å². The van der Waals surface area contributed by atoms with Gasteiger partial charge in [-0.1, -0.05) is 30.4 Å². The minimum absolute atomic E-state index is 0.277. The molecule has 0 atom stereocenters. The summed E-state index contributed by atoms with van der Waals surface area (Å²) in [6.07, 6.45) is 4.92. The number of aryl methyl sites for hydroxylation is 1. The molecule has 1 N–H and O–H groups in total. The molecule has 0 saturated carbocycles. The normalized spacial score (nSPS) is 10.7. The van der Waals surface area contributed by atoms with E-state index in [4.69, 9.17) is 0 Å². The number of rotatable bonds is 6. The van der Waals surface area contributed by atoms with Crippen LogP contribution < -0.4 is 5.32 Å². The zero-order valence-corrected chi connectivity index (χ0v) is 13.7. The first-order chi connectivity index (χ1) is 11.1. The summed E-state index contributed by atoms with van der Waals surface area (Å²) in [6, 6.07) is 6.76. The smallest absolute Gasteiger partial charge is 0.337 e. The first-order valence-corrected chi connectivity index (χ1v) is 7.94. The van der Waals surface area contributed by atoms with E-state index >= 15 is 0 Å². The quantitative estimate of drug-likeness (QED) is 0.650. The van der Waals surface area contributed by atoms with Crippen LogP contribution in [0.1, 0.15) is 34.3 Å². The molecule has 7 heteroatoms. The monoisotopic (exact) mass is 331 g/mol. The van der Waals surface area contributed by atoms with Gasteiger partial charge in [0.1, 0.15) is 5.01 Å². The van der Waals surface area contributed by atoms with Crippen molar-refractivity contribution >= 4 is 34.4 Å². The van der Waals surface area contributed by atoms with Crippen LogP contribution in [0.4, 0.5) is 5.13 Å². The van der Waals surface area contributed by atoms with Gasteiger partial charge in [-0.25, -0.2) is 4.79 Å². The van der Waals surface area contributed by atoms with Crippen LogP contribution in [0.5, 0.6) is 0 Å². The van der Waals surface area contributed by atoms with Crippen molar-refractivity contribution in [2.75, 3.05) is 12.4 Å². The van der Waals surface area contributed by atoms with Crippen molar-refractivity contribution in [2.24, 2.45) is 0 Å². The standard InChI is InChI=1S/C16H17N3O3S/c1-3-4-14-18-19-16(23-14)17-13(20)10-7-11-5-8-12(9-6-11)15(21)22-2/h5-10H,3-4H2,1-2H3,(H,17,19,20). The molecule has 120 valence electrons. The van der Waals surface area contributed by atoms with E-state index in [0.717, 1.165) is 23.4 Å². The van der Waals surface area contributed by atoms with Gasteiger partial charge >= 0.3 is 5.97 Å². The van der Waals surface area contributed by atoms with E-state index in [2.05, 4.69) is 27.2 Å². The molecule has 0 fully saturated rings. The second-order valence-corrected chi connectivity index (χ2v) is 5.75. The average molecular weight is 331 g/mol. The lowest BCUT2D eigenvalue weighted by Crippen LogP contribution is -2.07. The van der Waals surface area contributed by atoms with Crippen LogP contribution in [0, 0.1) is 0 Å². The third kappa shape index (κ3) is 5.00. The van der Waals surface area contributed by atoms with Crippen molar-refractivity contribution in [2.45, 2.75) is 19.8 Å². The van der Waals surface area contributed by atoms with Gasteiger partial charge in [0, 0.05) is 12.5 Å². The number of nitrogens with zero attached hydrogens (tertiary/aromatic N) is 2. The molecular weight excluding hydrogens is 314 g/mol. The highest BCUT2D eigenvalue weighted by Crippen LogP contribution is 2.16. The molecule has 0 unspecified atom stereocenters. The first kappa shape index (κ1) is 16.8. The van der Waals surface area contributed by atoms with Crippen molar-refractivity contribution in [3.8, 4) is 0 Å². The van der Waals surface area contributed by atoms with Crippen molar-refractivity contribution in [3.63, 3.8) is 0 Å². The van der Waals surface area contributed by atoms with E-state index < -0.39 is 5.97 Å². The van der Waals surface area contributed by atoms with Crippen molar-refractivity contribution in [3.05, 3.63) is 46.5 Å². The molecule has 2 aromatic rings. The highest BCUT2D eigenvalue weighted by Gasteiger charge is 2.06. The molecule has 0 spiro atoms. The highest BCUT2D eigenvalue weighted by atomic mass is 32.1. The van der Waals surface area contributed by atoms with Crippen molar-refractivity contribution in [1.82, 2.24) is 10.2 Å². The van der Waals surface area contributed by atoms with Gasteiger partial charge in [-0.05, 0) is 30.2 Å². The van der Waals surface area contributed by atoms with Gasteiger partial charge in [0.2, 0.25) is 11.0 Å². The number of esters is 1. The summed E-state index contributed by atoms with van der Waals surface area (Å²) >= 11 is 1.38. The van der Waals surface area contributed by atoms with Crippen LogP contribution in [0.25, 0.3) is 6.08 Å². The Bertz CT molecular complexity index is 708.